The molecule has 9 nitrogen and oxygen atoms in total. The lowest BCUT2D eigenvalue weighted by molar-refractivity contribution is -0.146. The molecule has 1 aliphatic heterocycles. The van der Waals surface area contributed by atoms with Crippen molar-refractivity contribution < 1.29 is 24.6 Å². The van der Waals surface area contributed by atoms with Crippen molar-refractivity contribution in [3.05, 3.63) is 99.0 Å². The second kappa shape index (κ2) is 13.4. The Morgan fingerprint density at radius 3 is 2.51 bits per heavy atom. The minimum absolute atomic E-state index is 0.0475. The molecule has 0 spiro atoms. The Bertz CT molecular complexity index is 1420. The molecule has 6 N–H and O–H groups in total. The van der Waals surface area contributed by atoms with Crippen LogP contribution >= 0.6 is 23.2 Å². The van der Waals surface area contributed by atoms with Gasteiger partial charge in [0.1, 0.15) is 11.8 Å². The van der Waals surface area contributed by atoms with Crippen molar-refractivity contribution in [3.8, 4) is 5.75 Å². The molecule has 1 saturated heterocycles. The van der Waals surface area contributed by atoms with Gasteiger partial charge in [-0.2, -0.15) is 0 Å². The maximum absolute atomic E-state index is 13.7. The number of phenolic OH excluding ortho intramolecular Hbond substituents is 1. The Balaban J connectivity index is 1.52. The van der Waals surface area contributed by atoms with Gasteiger partial charge >= 0.3 is 0 Å². The highest BCUT2D eigenvalue weighted by Gasteiger charge is 2.42. The van der Waals surface area contributed by atoms with E-state index in [0.717, 1.165) is 5.56 Å². The quantitative estimate of drug-likeness (QED) is 0.256. The van der Waals surface area contributed by atoms with E-state index in [0.29, 0.717) is 21.2 Å². The molecule has 0 bridgehead atoms. The molecule has 0 saturated carbocycles. The van der Waals surface area contributed by atoms with Crippen LogP contribution in [0.1, 0.15) is 33.5 Å². The third-order valence-electron chi connectivity index (χ3n) is 7.19. The van der Waals surface area contributed by atoms with Crippen molar-refractivity contribution in [2.24, 2.45) is 5.73 Å². The van der Waals surface area contributed by atoms with Crippen molar-refractivity contribution in [1.29, 1.82) is 0 Å². The number of carbonyl (C=O) groups is 3. The van der Waals surface area contributed by atoms with Gasteiger partial charge in [0.15, 0.2) is 6.10 Å². The fraction of sp³-hybridized carbons (Fsp3) is 0.300. The van der Waals surface area contributed by atoms with Gasteiger partial charge in [-0.05, 0) is 55.2 Å². The van der Waals surface area contributed by atoms with E-state index in [4.69, 9.17) is 28.9 Å². The molecule has 0 aromatic heterocycles. The van der Waals surface area contributed by atoms with Crippen LogP contribution in [0.25, 0.3) is 0 Å². The highest BCUT2D eigenvalue weighted by atomic mass is 35.5. The number of nitrogens with one attached hydrogen (secondary N) is 2. The van der Waals surface area contributed by atoms with Crippen LogP contribution < -0.4 is 16.4 Å². The molecule has 11 heteroatoms. The SMILES string of the molecule is Cc1c(O)cccc1C(=O)NC(Cc1ccccc1)C(O)C(=O)N1CC(N)CC1C(=O)NCc1ccc(Cl)cc1Cl. The summed E-state index contributed by atoms with van der Waals surface area (Å²) in [5.74, 6) is -1.77. The molecule has 3 aromatic rings. The number of hydrogen-bond donors (Lipinski definition) is 5. The lowest BCUT2D eigenvalue weighted by Gasteiger charge is -2.30. The van der Waals surface area contributed by atoms with Crippen LogP contribution in [0.4, 0.5) is 0 Å². The minimum Gasteiger partial charge on any atom is -0.508 e. The number of phenols is 1. The van der Waals surface area contributed by atoms with Gasteiger partial charge in [-0.15, -0.1) is 0 Å². The standard InChI is InChI=1S/C30H32Cl2N4O5/c1-17-22(8-5-9-26(17)37)28(39)35-24(12-18-6-3-2-4-7-18)27(38)30(41)36-16-21(33)14-25(36)29(40)34-15-19-10-11-20(31)13-23(19)32/h2-11,13,21,24-25,27,37-38H,12,14-16,33H2,1H3,(H,34,40)(H,35,39). The first-order valence-corrected chi connectivity index (χ1v) is 13.9. The van der Waals surface area contributed by atoms with Crippen LogP contribution in [0.15, 0.2) is 66.7 Å². The normalized spacial score (nSPS) is 18.0. The Hall–Kier alpha value is -3.63. The number of amides is 3. The van der Waals surface area contributed by atoms with Crippen molar-refractivity contribution in [2.45, 2.75) is 50.5 Å². The largest absolute Gasteiger partial charge is 0.508 e. The number of likely N-dealkylation sites (tertiary alicyclic amines) is 1. The van der Waals surface area contributed by atoms with E-state index < -0.39 is 42.0 Å². The number of nitrogens with zero attached hydrogens (tertiary/aromatic N) is 1. The molecule has 4 atom stereocenters. The number of halogens is 2. The summed E-state index contributed by atoms with van der Waals surface area (Å²) in [4.78, 5) is 41.3. The van der Waals surface area contributed by atoms with E-state index in [-0.39, 0.29) is 37.2 Å². The zero-order chi connectivity index (χ0) is 29.7. The second-order valence-corrected chi connectivity index (χ2v) is 11.0. The van der Waals surface area contributed by atoms with Gasteiger partial charge < -0.3 is 31.5 Å². The van der Waals surface area contributed by atoms with Gasteiger partial charge in [-0.25, -0.2) is 0 Å². The third kappa shape index (κ3) is 7.37. The van der Waals surface area contributed by atoms with Crippen molar-refractivity contribution in [1.82, 2.24) is 15.5 Å². The summed E-state index contributed by atoms with van der Waals surface area (Å²) < 4.78 is 0. The number of carbonyl (C=O) groups excluding carboxylic acids is 3. The van der Waals surface area contributed by atoms with E-state index in [9.17, 15) is 24.6 Å². The second-order valence-electron chi connectivity index (χ2n) is 10.1. The van der Waals surface area contributed by atoms with Crippen LogP contribution in [-0.4, -0.2) is 63.6 Å². The lowest BCUT2D eigenvalue weighted by atomic mass is 9.98. The molecule has 4 unspecified atom stereocenters. The first kappa shape index (κ1) is 30.3. The van der Waals surface area contributed by atoms with E-state index >= 15 is 0 Å². The van der Waals surface area contributed by atoms with E-state index in [1.165, 1.54) is 17.0 Å². The minimum atomic E-state index is -1.68. The number of aliphatic hydroxyl groups is 1. The summed E-state index contributed by atoms with van der Waals surface area (Å²) in [6.07, 6.45) is -1.33. The molecule has 1 fully saturated rings. The zero-order valence-electron chi connectivity index (χ0n) is 22.4. The molecule has 4 rings (SSSR count). The molecule has 41 heavy (non-hydrogen) atoms. The maximum atomic E-state index is 13.7. The Morgan fingerprint density at radius 1 is 1.07 bits per heavy atom. The number of nitrogens with two attached hydrogens (primary N) is 1. The van der Waals surface area contributed by atoms with Gasteiger partial charge in [-0.3, -0.25) is 14.4 Å². The lowest BCUT2D eigenvalue weighted by Crippen LogP contribution is -2.55. The molecular formula is C30H32Cl2N4O5. The highest BCUT2D eigenvalue weighted by molar-refractivity contribution is 6.35. The maximum Gasteiger partial charge on any atom is 0.254 e. The molecule has 1 aliphatic rings. The predicted octanol–water partition coefficient (Wildman–Crippen LogP) is 2.95. The summed E-state index contributed by atoms with van der Waals surface area (Å²) in [6, 6.07) is 16.2. The first-order valence-electron chi connectivity index (χ1n) is 13.1. The summed E-state index contributed by atoms with van der Waals surface area (Å²) in [7, 11) is 0. The molecule has 0 aliphatic carbocycles. The van der Waals surface area contributed by atoms with Gasteiger partial charge in [-0.1, -0.05) is 65.7 Å². The van der Waals surface area contributed by atoms with Crippen LogP contribution in [-0.2, 0) is 22.6 Å². The average molecular weight is 600 g/mol. The van der Waals surface area contributed by atoms with Gasteiger partial charge in [0.25, 0.3) is 11.8 Å². The topological polar surface area (TPSA) is 145 Å². The highest BCUT2D eigenvalue weighted by Crippen LogP contribution is 2.24. The number of rotatable bonds is 9. The molecule has 1 heterocycles. The average Bonchev–Trinajstić information content (AvgIpc) is 3.35. The summed E-state index contributed by atoms with van der Waals surface area (Å²) >= 11 is 12.2. The van der Waals surface area contributed by atoms with Crippen LogP contribution in [0.5, 0.6) is 5.75 Å². The van der Waals surface area contributed by atoms with Crippen molar-refractivity contribution in [3.63, 3.8) is 0 Å². The summed E-state index contributed by atoms with van der Waals surface area (Å²) in [6.45, 7) is 1.78. The fourth-order valence-electron chi connectivity index (χ4n) is 4.89. The van der Waals surface area contributed by atoms with Crippen LogP contribution in [0, 0.1) is 6.92 Å². The molecule has 0 radical (unpaired) electrons. The molecule has 3 aromatic carbocycles. The molecule has 3 amide bonds. The number of benzene rings is 3. The summed E-state index contributed by atoms with van der Waals surface area (Å²) in [5.41, 5.74) is 8.15. The molecular weight excluding hydrogens is 567 g/mol. The van der Waals surface area contributed by atoms with Gasteiger partial charge in [0.05, 0.1) is 6.04 Å². The van der Waals surface area contributed by atoms with E-state index in [2.05, 4.69) is 10.6 Å². The Labute approximate surface area is 248 Å². The van der Waals surface area contributed by atoms with Crippen LogP contribution in [0.2, 0.25) is 10.0 Å². The molecule has 216 valence electrons. The number of hydrogen-bond acceptors (Lipinski definition) is 6. The van der Waals surface area contributed by atoms with Crippen molar-refractivity contribution in [2.75, 3.05) is 6.54 Å². The third-order valence-corrected chi connectivity index (χ3v) is 7.77. The van der Waals surface area contributed by atoms with Crippen LogP contribution in [0.3, 0.4) is 0 Å². The smallest absolute Gasteiger partial charge is 0.254 e. The van der Waals surface area contributed by atoms with Crippen molar-refractivity contribution >= 4 is 40.9 Å². The van der Waals surface area contributed by atoms with E-state index in [1.807, 2.05) is 30.3 Å². The zero-order valence-corrected chi connectivity index (χ0v) is 23.9. The number of aliphatic hydroxyl groups excluding tert-OH is 1. The number of aromatic hydroxyl groups is 1. The monoisotopic (exact) mass is 598 g/mol. The first-order chi connectivity index (χ1) is 19.5. The van der Waals surface area contributed by atoms with E-state index in [1.54, 1.807) is 31.2 Å². The Kier molecular flexibility index (Phi) is 9.88. The van der Waals surface area contributed by atoms with Gasteiger partial charge in [0.2, 0.25) is 5.91 Å². The fourth-order valence-corrected chi connectivity index (χ4v) is 5.37. The Morgan fingerprint density at radius 2 is 1.80 bits per heavy atom. The summed E-state index contributed by atoms with van der Waals surface area (Å²) in [5, 5.41) is 27.8. The van der Waals surface area contributed by atoms with Gasteiger partial charge in [0, 0.05) is 40.3 Å². The predicted molar refractivity (Wildman–Crippen MR) is 157 cm³/mol.